The summed E-state index contributed by atoms with van der Waals surface area (Å²) in [7, 11) is 1.59. The van der Waals surface area contributed by atoms with Crippen LogP contribution in [0.15, 0.2) is 72.8 Å². The molecule has 1 aromatic heterocycles. The van der Waals surface area contributed by atoms with Crippen LogP contribution in [0, 0.1) is 0 Å². The van der Waals surface area contributed by atoms with Crippen LogP contribution in [0.25, 0.3) is 32.6 Å². The number of amides is 1. The molecule has 0 saturated carbocycles. The lowest BCUT2D eigenvalue weighted by atomic mass is 10.00. The number of rotatable bonds is 3. The molecule has 0 spiro atoms. The van der Waals surface area contributed by atoms with Gasteiger partial charge in [-0.3, -0.25) is 4.79 Å². The first kappa shape index (κ1) is 17.1. The number of ether oxygens (including phenoxy) is 1. The topological polar surface area (TPSA) is 74.3 Å². The van der Waals surface area contributed by atoms with E-state index in [2.05, 4.69) is 16.4 Å². The van der Waals surface area contributed by atoms with E-state index in [9.17, 15) is 9.90 Å². The van der Waals surface area contributed by atoms with E-state index >= 15 is 0 Å². The highest BCUT2D eigenvalue weighted by Gasteiger charge is 2.18. The average Bonchev–Trinajstić information content (AvgIpc) is 3.13. The second-order valence-corrected chi connectivity index (χ2v) is 6.90. The SMILES string of the molecule is COc1ccc(NC(=O)c2c(O)ccc3c2ccc2c4ccccc4[nH]c32)cc1. The number of methoxy groups -OCH3 is 1. The van der Waals surface area contributed by atoms with Gasteiger partial charge in [-0.05, 0) is 42.5 Å². The van der Waals surface area contributed by atoms with Crippen molar-refractivity contribution in [3.8, 4) is 11.5 Å². The van der Waals surface area contributed by atoms with Crippen LogP contribution < -0.4 is 10.1 Å². The quantitative estimate of drug-likeness (QED) is 0.389. The van der Waals surface area contributed by atoms with Crippen molar-refractivity contribution in [2.24, 2.45) is 0 Å². The zero-order chi connectivity index (χ0) is 20.0. The number of para-hydroxylation sites is 1. The predicted molar refractivity (Wildman–Crippen MR) is 116 cm³/mol. The molecule has 142 valence electrons. The Bertz CT molecular complexity index is 1380. The first-order valence-electron chi connectivity index (χ1n) is 9.26. The van der Waals surface area contributed by atoms with Crippen molar-refractivity contribution in [1.29, 1.82) is 0 Å². The summed E-state index contributed by atoms with van der Waals surface area (Å²) < 4.78 is 5.15. The van der Waals surface area contributed by atoms with Gasteiger partial charge < -0.3 is 20.1 Å². The summed E-state index contributed by atoms with van der Waals surface area (Å²) in [4.78, 5) is 16.4. The van der Waals surface area contributed by atoms with Crippen LogP contribution in [0.3, 0.4) is 0 Å². The Morgan fingerprint density at radius 3 is 2.34 bits per heavy atom. The van der Waals surface area contributed by atoms with E-state index in [4.69, 9.17) is 4.74 Å². The Hall–Kier alpha value is -3.99. The number of phenols is 1. The number of fused-ring (bicyclic) bond motifs is 5. The Morgan fingerprint density at radius 1 is 0.862 bits per heavy atom. The number of carbonyl (C=O) groups excluding carboxylic acids is 1. The van der Waals surface area contributed by atoms with Gasteiger partial charge in [0.15, 0.2) is 0 Å². The minimum Gasteiger partial charge on any atom is -0.507 e. The molecule has 0 radical (unpaired) electrons. The Labute approximate surface area is 166 Å². The predicted octanol–water partition coefficient (Wildman–Crippen LogP) is 5.44. The van der Waals surface area contributed by atoms with Crippen LogP contribution in [-0.2, 0) is 0 Å². The molecule has 5 aromatic rings. The van der Waals surface area contributed by atoms with Crippen molar-refractivity contribution in [3.05, 3.63) is 78.4 Å². The van der Waals surface area contributed by atoms with E-state index in [0.29, 0.717) is 16.8 Å². The number of phenolic OH excluding ortho intramolecular Hbond substituents is 1. The molecule has 0 unspecified atom stereocenters. The van der Waals surface area contributed by atoms with Gasteiger partial charge in [0.1, 0.15) is 11.5 Å². The Morgan fingerprint density at radius 2 is 1.55 bits per heavy atom. The molecule has 0 saturated heterocycles. The fraction of sp³-hybridized carbons (Fsp3) is 0.0417. The molecule has 3 N–H and O–H groups in total. The summed E-state index contributed by atoms with van der Waals surface area (Å²) in [5, 5.41) is 17.1. The first-order valence-corrected chi connectivity index (χ1v) is 9.26. The van der Waals surface area contributed by atoms with Gasteiger partial charge in [0.2, 0.25) is 0 Å². The number of aromatic hydroxyl groups is 1. The lowest BCUT2D eigenvalue weighted by Crippen LogP contribution is -2.12. The van der Waals surface area contributed by atoms with Crippen LogP contribution in [0.1, 0.15) is 10.4 Å². The number of aromatic amines is 1. The molecule has 29 heavy (non-hydrogen) atoms. The normalized spacial score (nSPS) is 11.2. The third-order valence-electron chi connectivity index (χ3n) is 5.23. The number of aromatic nitrogens is 1. The molecule has 0 bridgehead atoms. The molecule has 0 fully saturated rings. The molecule has 0 aliphatic carbocycles. The second kappa shape index (κ2) is 6.56. The van der Waals surface area contributed by atoms with E-state index in [1.807, 2.05) is 36.4 Å². The van der Waals surface area contributed by atoms with Gasteiger partial charge in [-0.15, -0.1) is 0 Å². The maximum atomic E-state index is 13.0. The summed E-state index contributed by atoms with van der Waals surface area (Å²) in [6.07, 6.45) is 0. The summed E-state index contributed by atoms with van der Waals surface area (Å²) in [5.41, 5.74) is 2.85. The van der Waals surface area contributed by atoms with Crippen molar-refractivity contribution in [2.45, 2.75) is 0 Å². The molecule has 5 heteroatoms. The van der Waals surface area contributed by atoms with E-state index in [1.54, 1.807) is 37.4 Å². The van der Waals surface area contributed by atoms with Crippen molar-refractivity contribution in [1.82, 2.24) is 4.98 Å². The molecule has 0 aliphatic heterocycles. The largest absolute Gasteiger partial charge is 0.507 e. The maximum Gasteiger partial charge on any atom is 0.260 e. The number of H-pyrrole nitrogens is 1. The number of hydrogen-bond donors (Lipinski definition) is 3. The standard InChI is InChI=1S/C24H18N2O3/c1-29-15-8-6-14(7-9-15)25-24(28)22-17-10-11-18-16-4-2-3-5-20(16)26-23(18)19(17)12-13-21(22)27/h2-13,26-27H,1H3,(H,25,28). The van der Waals surface area contributed by atoms with Crippen LogP contribution >= 0.6 is 0 Å². The van der Waals surface area contributed by atoms with Crippen molar-refractivity contribution >= 4 is 44.2 Å². The van der Waals surface area contributed by atoms with Gasteiger partial charge in [-0.1, -0.05) is 30.3 Å². The average molecular weight is 382 g/mol. The van der Waals surface area contributed by atoms with Crippen molar-refractivity contribution in [2.75, 3.05) is 12.4 Å². The molecule has 1 amide bonds. The van der Waals surface area contributed by atoms with Gasteiger partial charge in [0, 0.05) is 32.7 Å². The van der Waals surface area contributed by atoms with Crippen molar-refractivity contribution in [3.63, 3.8) is 0 Å². The van der Waals surface area contributed by atoms with Gasteiger partial charge >= 0.3 is 0 Å². The summed E-state index contributed by atoms with van der Waals surface area (Å²) in [5.74, 6) is 0.282. The van der Waals surface area contributed by atoms with Gasteiger partial charge in [-0.25, -0.2) is 0 Å². The first-order chi connectivity index (χ1) is 14.2. The molecule has 4 aromatic carbocycles. The highest BCUT2D eigenvalue weighted by atomic mass is 16.5. The van der Waals surface area contributed by atoms with Crippen LogP contribution in [0.5, 0.6) is 11.5 Å². The summed E-state index contributed by atoms with van der Waals surface area (Å²) in [6, 6.07) is 22.4. The van der Waals surface area contributed by atoms with E-state index in [-0.39, 0.29) is 17.2 Å². The maximum absolute atomic E-state index is 13.0. The minimum absolute atomic E-state index is 0.0565. The van der Waals surface area contributed by atoms with Gasteiger partial charge in [0.25, 0.3) is 5.91 Å². The third-order valence-corrected chi connectivity index (χ3v) is 5.23. The number of hydrogen-bond acceptors (Lipinski definition) is 3. The third kappa shape index (κ3) is 2.75. The van der Waals surface area contributed by atoms with E-state index in [1.165, 1.54) is 0 Å². The fourth-order valence-corrected chi connectivity index (χ4v) is 3.82. The number of carbonyl (C=O) groups is 1. The molecular weight excluding hydrogens is 364 g/mol. The Kier molecular flexibility index (Phi) is 3.88. The summed E-state index contributed by atoms with van der Waals surface area (Å²) in [6.45, 7) is 0. The lowest BCUT2D eigenvalue weighted by Gasteiger charge is -2.11. The summed E-state index contributed by atoms with van der Waals surface area (Å²) >= 11 is 0. The Balaban J connectivity index is 1.65. The zero-order valence-electron chi connectivity index (χ0n) is 15.7. The van der Waals surface area contributed by atoms with Gasteiger partial charge in [0.05, 0.1) is 18.2 Å². The van der Waals surface area contributed by atoms with Crippen LogP contribution in [0.4, 0.5) is 5.69 Å². The van der Waals surface area contributed by atoms with E-state index in [0.717, 1.165) is 27.2 Å². The zero-order valence-corrected chi connectivity index (χ0v) is 15.7. The smallest absolute Gasteiger partial charge is 0.260 e. The number of nitrogens with one attached hydrogen (secondary N) is 2. The molecule has 0 atom stereocenters. The second-order valence-electron chi connectivity index (χ2n) is 6.90. The molecule has 1 heterocycles. The molecule has 0 aliphatic rings. The van der Waals surface area contributed by atoms with Crippen LogP contribution in [0.2, 0.25) is 0 Å². The minimum atomic E-state index is -0.367. The van der Waals surface area contributed by atoms with E-state index < -0.39 is 0 Å². The lowest BCUT2D eigenvalue weighted by molar-refractivity contribution is 0.102. The molecule has 5 nitrogen and oxygen atoms in total. The number of anilines is 1. The molecule has 5 rings (SSSR count). The van der Waals surface area contributed by atoms with Crippen molar-refractivity contribution < 1.29 is 14.6 Å². The molecular formula is C24H18N2O3. The monoisotopic (exact) mass is 382 g/mol. The van der Waals surface area contributed by atoms with Gasteiger partial charge in [-0.2, -0.15) is 0 Å². The highest BCUT2D eigenvalue weighted by Crippen LogP contribution is 2.35. The fourth-order valence-electron chi connectivity index (χ4n) is 3.82. The highest BCUT2D eigenvalue weighted by molar-refractivity contribution is 6.22. The number of benzene rings is 4. The van der Waals surface area contributed by atoms with Crippen LogP contribution in [-0.4, -0.2) is 23.1 Å².